The van der Waals surface area contributed by atoms with Gasteiger partial charge in [0, 0.05) is 22.7 Å². The van der Waals surface area contributed by atoms with Gasteiger partial charge >= 0.3 is 0 Å². The lowest BCUT2D eigenvalue weighted by Crippen LogP contribution is -2.60. The lowest BCUT2D eigenvalue weighted by Gasteiger charge is -2.39. The molecule has 0 unspecified atom stereocenters. The molecule has 0 radical (unpaired) electrons. The van der Waals surface area contributed by atoms with Gasteiger partial charge in [-0.2, -0.15) is 0 Å². The number of benzene rings is 2. The van der Waals surface area contributed by atoms with E-state index in [1.165, 1.54) is 30.5 Å². The zero-order valence-corrected chi connectivity index (χ0v) is 18.3. The van der Waals surface area contributed by atoms with Crippen LogP contribution in [0.25, 0.3) is 10.8 Å². The molecule has 5 rings (SSSR count). The number of fused-ring (bicyclic) bond motifs is 4. The van der Waals surface area contributed by atoms with Gasteiger partial charge in [0.05, 0.1) is 23.1 Å². The Morgan fingerprint density at radius 2 is 1.69 bits per heavy atom. The maximum atomic E-state index is 13.6. The van der Waals surface area contributed by atoms with Crippen molar-refractivity contribution in [1.29, 1.82) is 0 Å². The quantitative estimate of drug-likeness (QED) is 0.222. The van der Waals surface area contributed by atoms with E-state index in [0.29, 0.717) is 5.56 Å². The number of aromatic hydroxyl groups is 1. The highest BCUT2D eigenvalue weighted by Gasteiger charge is 2.46. The van der Waals surface area contributed by atoms with Gasteiger partial charge in [0.25, 0.3) is 5.56 Å². The Morgan fingerprint density at radius 3 is 2.40 bits per heavy atom. The van der Waals surface area contributed by atoms with E-state index in [0.717, 1.165) is 0 Å². The van der Waals surface area contributed by atoms with Gasteiger partial charge < -0.3 is 40.0 Å². The molecule has 6 N–H and O–H groups in total. The largest absolute Gasteiger partial charge is 0.507 e. The van der Waals surface area contributed by atoms with Gasteiger partial charge in [0.1, 0.15) is 35.9 Å². The molecule has 2 aromatic carbocycles. The average molecular weight is 483 g/mol. The lowest BCUT2D eigenvalue weighted by molar-refractivity contribution is -0.277. The molecule has 1 aromatic heterocycles. The number of carbonyl (C=O) groups is 2. The molecule has 11 nitrogen and oxygen atoms in total. The van der Waals surface area contributed by atoms with Crippen LogP contribution in [0.5, 0.6) is 11.5 Å². The predicted molar refractivity (Wildman–Crippen MR) is 119 cm³/mol. The number of hydrogen-bond acceptors (Lipinski definition) is 10. The standard InChI is InChI=1S/C24H21NO10/c1-8-4-11-15(12(27)5-8)20(30)17-13(34-24-22(32)21(31)19(29)14(7-26)35-24)6-10-9(16(17)18(11)28)2-3-25-23(10)33/h2-6,14,19,21-22,24,26-27,29,31-32H,7H2,1H3,(H,25,33)/t14-,19-,21+,22-,24-/m1/s1. The van der Waals surface area contributed by atoms with E-state index in [1.807, 2.05) is 0 Å². The minimum absolute atomic E-state index is 0.00677. The summed E-state index contributed by atoms with van der Waals surface area (Å²) in [6, 6.07) is 5.44. The van der Waals surface area contributed by atoms with Crippen molar-refractivity contribution in [2.24, 2.45) is 0 Å². The van der Waals surface area contributed by atoms with Crippen molar-refractivity contribution in [2.75, 3.05) is 6.61 Å². The summed E-state index contributed by atoms with van der Waals surface area (Å²) in [6.07, 6.45) is -6.83. The van der Waals surface area contributed by atoms with Crippen molar-refractivity contribution >= 4 is 22.3 Å². The number of aromatic amines is 1. The van der Waals surface area contributed by atoms with Gasteiger partial charge in [-0.05, 0) is 36.8 Å². The van der Waals surface area contributed by atoms with Crippen LogP contribution in [0.1, 0.15) is 37.4 Å². The molecule has 2 aliphatic rings. The summed E-state index contributed by atoms with van der Waals surface area (Å²) in [7, 11) is 0. The minimum Gasteiger partial charge on any atom is -0.507 e. The number of pyridine rings is 1. The molecular weight excluding hydrogens is 462 g/mol. The number of H-pyrrole nitrogens is 1. The van der Waals surface area contributed by atoms with Crippen LogP contribution < -0.4 is 10.3 Å². The topological polar surface area (TPSA) is 187 Å². The number of nitrogens with one attached hydrogen (secondary N) is 1. The van der Waals surface area contributed by atoms with E-state index in [2.05, 4.69) is 4.98 Å². The molecule has 2 heterocycles. The van der Waals surface area contributed by atoms with Gasteiger partial charge in [0.15, 0.2) is 5.78 Å². The van der Waals surface area contributed by atoms with Crippen LogP contribution in [0, 0.1) is 6.92 Å². The Hall–Kier alpha value is -3.61. The van der Waals surface area contributed by atoms with Gasteiger partial charge in [-0.15, -0.1) is 0 Å². The molecule has 5 atom stereocenters. The number of phenolic OH excluding ortho intramolecular Hbond substituents is 1. The first-order valence-corrected chi connectivity index (χ1v) is 10.7. The molecule has 1 aliphatic carbocycles. The van der Waals surface area contributed by atoms with Crippen LogP contribution in [0.2, 0.25) is 0 Å². The summed E-state index contributed by atoms with van der Waals surface area (Å²) in [5.74, 6) is -2.11. The van der Waals surface area contributed by atoms with E-state index in [9.17, 15) is 39.9 Å². The number of phenols is 1. The normalized spacial score (nSPS) is 25.9. The number of aliphatic hydroxyl groups excluding tert-OH is 4. The van der Waals surface area contributed by atoms with Gasteiger partial charge in [-0.1, -0.05) is 0 Å². The Morgan fingerprint density at radius 1 is 0.943 bits per heavy atom. The molecule has 0 spiro atoms. The van der Waals surface area contributed by atoms with Crippen molar-refractivity contribution in [3.63, 3.8) is 0 Å². The number of rotatable bonds is 3. The molecule has 0 amide bonds. The lowest BCUT2D eigenvalue weighted by atomic mass is 9.80. The number of ketones is 2. The molecule has 1 aliphatic heterocycles. The molecule has 1 saturated heterocycles. The Bertz CT molecular complexity index is 1440. The van der Waals surface area contributed by atoms with Crippen molar-refractivity contribution in [3.05, 3.63) is 68.6 Å². The molecule has 11 heteroatoms. The number of hydrogen-bond donors (Lipinski definition) is 6. The smallest absolute Gasteiger partial charge is 0.255 e. The molecule has 182 valence electrons. The summed E-state index contributed by atoms with van der Waals surface area (Å²) in [5.41, 5.74) is -0.710. The summed E-state index contributed by atoms with van der Waals surface area (Å²) >= 11 is 0. The third-order valence-corrected chi connectivity index (χ3v) is 6.32. The third-order valence-electron chi connectivity index (χ3n) is 6.32. The predicted octanol–water partition coefficient (Wildman–Crippen LogP) is -0.504. The fraction of sp³-hybridized carbons (Fsp3) is 0.292. The summed E-state index contributed by atoms with van der Waals surface area (Å²) in [5, 5.41) is 50.6. The van der Waals surface area contributed by atoms with E-state index in [4.69, 9.17) is 9.47 Å². The van der Waals surface area contributed by atoms with Crippen LogP contribution in [0.4, 0.5) is 0 Å². The first kappa shape index (κ1) is 23.1. The second kappa shape index (κ2) is 8.26. The maximum Gasteiger partial charge on any atom is 0.255 e. The average Bonchev–Trinajstić information content (AvgIpc) is 2.82. The number of aliphatic hydroxyl groups is 4. The summed E-state index contributed by atoms with van der Waals surface area (Å²) < 4.78 is 11.1. The Balaban J connectivity index is 1.73. The second-order valence-corrected chi connectivity index (χ2v) is 8.57. The number of aryl methyl sites for hydroxylation is 1. The molecule has 0 saturated carbocycles. The van der Waals surface area contributed by atoms with Crippen molar-refractivity contribution in [3.8, 4) is 11.5 Å². The van der Waals surface area contributed by atoms with E-state index in [-0.39, 0.29) is 38.8 Å². The zero-order valence-electron chi connectivity index (χ0n) is 18.3. The zero-order chi connectivity index (χ0) is 25.2. The fourth-order valence-electron chi connectivity index (χ4n) is 4.60. The highest BCUT2D eigenvalue weighted by molar-refractivity contribution is 6.33. The minimum atomic E-state index is -1.80. The number of ether oxygens (including phenoxy) is 2. The van der Waals surface area contributed by atoms with Crippen LogP contribution in [0.15, 0.2) is 35.3 Å². The number of aromatic nitrogens is 1. The first-order valence-electron chi connectivity index (χ1n) is 10.7. The van der Waals surface area contributed by atoms with Gasteiger partial charge in [-0.25, -0.2) is 0 Å². The summed E-state index contributed by atoms with van der Waals surface area (Å²) in [4.78, 5) is 42.2. The molecule has 1 fully saturated rings. The Labute approximate surface area is 196 Å². The molecule has 35 heavy (non-hydrogen) atoms. The van der Waals surface area contributed by atoms with Crippen molar-refractivity contribution in [1.82, 2.24) is 4.98 Å². The van der Waals surface area contributed by atoms with Gasteiger partial charge in [0.2, 0.25) is 12.1 Å². The van der Waals surface area contributed by atoms with Crippen molar-refractivity contribution < 1.29 is 44.6 Å². The van der Waals surface area contributed by atoms with E-state index < -0.39 is 60.2 Å². The first-order chi connectivity index (χ1) is 16.6. The highest BCUT2D eigenvalue weighted by Crippen LogP contribution is 2.41. The fourth-order valence-corrected chi connectivity index (χ4v) is 4.60. The van der Waals surface area contributed by atoms with E-state index in [1.54, 1.807) is 6.92 Å². The highest BCUT2D eigenvalue weighted by atomic mass is 16.7. The van der Waals surface area contributed by atoms with Crippen molar-refractivity contribution in [2.45, 2.75) is 37.6 Å². The van der Waals surface area contributed by atoms with Crippen LogP contribution >= 0.6 is 0 Å². The molecule has 0 bridgehead atoms. The maximum absolute atomic E-state index is 13.6. The molecular formula is C24H21NO10. The third kappa shape index (κ3) is 3.44. The van der Waals surface area contributed by atoms with Crippen LogP contribution in [0.3, 0.4) is 0 Å². The monoisotopic (exact) mass is 483 g/mol. The van der Waals surface area contributed by atoms with Crippen LogP contribution in [-0.2, 0) is 4.74 Å². The summed E-state index contributed by atoms with van der Waals surface area (Å²) in [6.45, 7) is 0.938. The number of carbonyl (C=O) groups excluding carboxylic acids is 2. The second-order valence-electron chi connectivity index (χ2n) is 8.57. The Kier molecular flexibility index (Phi) is 5.46. The SMILES string of the molecule is Cc1cc(O)c2c(c1)C(=O)c1c(c(O[C@@H]3O[C@H](CO)[C@@H](O)[C@H](O)[C@H]3O)cc3c(=O)[nH]ccc13)C2=O. The molecule has 3 aromatic rings. The van der Waals surface area contributed by atoms with Crippen LogP contribution in [-0.4, -0.2) is 79.4 Å². The van der Waals surface area contributed by atoms with E-state index >= 15 is 0 Å². The van der Waals surface area contributed by atoms with Gasteiger partial charge in [-0.3, -0.25) is 14.4 Å².